The number of hydrogen-bond donors (Lipinski definition) is 7. The van der Waals surface area contributed by atoms with E-state index in [1.54, 1.807) is 11.3 Å². The first-order valence-electron chi connectivity index (χ1n) is 35.9. The van der Waals surface area contributed by atoms with Crippen LogP contribution in [-0.2, 0) is 38.8 Å². The van der Waals surface area contributed by atoms with Gasteiger partial charge in [-0.25, -0.2) is 19.9 Å². The molecule has 0 aliphatic rings. The van der Waals surface area contributed by atoms with Gasteiger partial charge in [-0.1, -0.05) is 65.7 Å². The standard InChI is InChI=1S/C13H23NO.5C11H20N2O.C11H20N2S/c1-8(2)14-13(6,7)12-9(3)10(4)15-11(12)5;1-7(2)13-11(5,6)10-8(3)14-9(4)12-10;1-7(2)13-11(5,6)10-8(3)12-9(4)14-10;1-7(2)13-11(5,6)10-12-8(3)9(4)14-10;1-7(2)12-11(5,6)10-8(3)9(4)14-13-10;1-7(2)12-11(5,6)10-8(3)9(4)13-14-10;1-7(2)13-11(5,6)10-8(3)12-9(4)14-10/h8,14H,1-7H3;3*7,13H,1-6H3;2*7,12H,1-6H3;7,13H,1-6H3. The van der Waals surface area contributed by atoms with Crippen LogP contribution in [0.25, 0.3) is 0 Å². The summed E-state index contributed by atoms with van der Waals surface area (Å²) in [4.78, 5) is 18.9. The molecular weight excluding hydrogens is 1260 g/mol. The number of aryl methyl sites for hydroxylation is 12. The molecule has 0 spiro atoms. The highest BCUT2D eigenvalue weighted by Gasteiger charge is 2.33. The molecule has 20 heteroatoms. The zero-order valence-electron chi connectivity index (χ0n) is 70.6. The molecule has 19 nitrogen and oxygen atoms in total. The molecule has 7 rings (SSSR count). The van der Waals surface area contributed by atoms with Crippen LogP contribution in [0.1, 0.15) is 318 Å². The van der Waals surface area contributed by atoms with Gasteiger partial charge in [-0.05, 0) is 234 Å². The first-order chi connectivity index (χ1) is 44.7. The molecule has 7 N–H and O–H groups in total. The van der Waals surface area contributed by atoms with Gasteiger partial charge in [-0.2, -0.15) is 0 Å². The Kier molecular flexibility index (Phi) is 34.9. The summed E-state index contributed by atoms with van der Waals surface area (Å²) in [5.74, 6) is 8.86. The third-order valence-corrected chi connectivity index (χ3v) is 17.6. The van der Waals surface area contributed by atoms with E-state index in [1.165, 1.54) is 16.0 Å². The van der Waals surface area contributed by atoms with Gasteiger partial charge in [0.2, 0.25) is 5.89 Å². The van der Waals surface area contributed by atoms with Crippen LogP contribution >= 0.6 is 11.3 Å². The molecule has 0 saturated carbocycles. The number of furan rings is 1. The number of hydrogen-bond acceptors (Lipinski definition) is 20. The van der Waals surface area contributed by atoms with E-state index in [1.807, 2.05) is 83.1 Å². The maximum Gasteiger partial charge on any atom is 0.214 e. The third kappa shape index (κ3) is 29.2. The number of oxazole rings is 3. The molecule has 0 saturated heterocycles. The Balaban J connectivity index is 0.000000578. The van der Waals surface area contributed by atoms with Crippen LogP contribution in [0.4, 0.5) is 0 Å². The zero-order chi connectivity index (χ0) is 77.4. The van der Waals surface area contributed by atoms with Gasteiger partial charge in [-0.15, -0.1) is 11.3 Å². The van der Waals surface area contributed by atoms with Gasteiger partial charge >= 0.3 is 0 Å². The summed E-state index contributed by atoms with van der Waals surface area (Å²) in [6.07, 6.45) is 0. The number of thiazole rings is 1. The minimum absolute atomic E-state index is 0.0277. The molecule has 7 aromatic rings. The van der Waals surface area contributed by atoms with Crippen molar-refractivity contribution in [1.82, 2.24) is 67.5 Å². The summed E-state index contributed by atoms with van der Waals surface area (Å²) in [6.45, 7) is 89.8. The first kappa shape index (κ1) is 91.7. The van der Waals surface area contributed by atoms with Crippen molar-refractivity contribution in [2.45, 2.75) is 379 Å². The predicted octanol–water partition coefficient (Wildman–Crippen LogP) is 19.1. The van der Waals surface area contributed by atoms with Crippen LogP contribution in [-0.4, -0.2) is 72.5 Å². The minimum Gasteiger partial charge on any atom is -0.466 e. The van der Waals surface area contributed by atoms with Gasteiger partial charge in [0, 0.05) is 88.8 Å². The molecular formula is C79H143N13O6S. The SMILES string of the molecule is Cc1nc(C(C)(C)NC(C)C)c(C)o1.Cc1nc(C(C)(C)NC(C)C)oc1C.Cc1nc(C)c(C(C)(C)NC(C)C)o1.Cc1nc(C)c(C(C)(C)NC(C)C)s1.Cc1noc(C(C)(C)NC(C)C)c1C.Cc1oc(C)c(C(C)(C)NC(C)C)c1C.Cc1onc(C(C)(C)NC(C)C)c1C. The number of nitrogens with zero attached hydrogens (tertiary/aromatic N) is 6. The fourth-order valence-corrected chi connectivity index (χ4v) is 14.3. The van der Waals surface area contributed by atoms with Gasteiger partial charge in [0.05, 0.1) is 55.5 Å². The molecule has 0 bridgehead atoms. The lowest BCUT2D eigenvalue weighted by Crippen LogP contribution is -2.41. The van der Waals surface area contributed by atoms with E-state index in [4.69, 9.17) is 26.7 Å². The van der Waals surface area contributed by atoms with Gasteiger partial charge in [0.25, 0.3) is 0 Å². The highest BCUT2D eigenvalue weighted by atomic mass is 32.1. The Morgan fingerprint density at radius 1 is 0.293 bits per heavy atom. The Bertz CT molecular complexity index is 3220. The van der Waals surface area contributed by atoms with Crippen LogP contribution in [0.5, 0.6) is 0 Å². The van der Waals surface area contributed by atoms with Crippen molar-refractivity contribution in [3.63, 3.8) is 0 Å². The Morgan fingerprint density at radius 3 is 1.04 bits per heavy atom. The molecule has 0 aliphatic carbocycles. The van der Waals surface area contributed by atoms with Gasteiger partial charge in [-0.3, -0.25) is 0 Å². The van der Waals surface area contributed by atoms with Gasteiger partial charge in [0.15, 0.2) is 17.5 Å². The smallest absolute Gasteiger partial charge is 0.214 e. The highest BCUT2D eigenvalue weighted by molar-refractivity contribution is 7.11. The van der Waals surface area contributed by atoms with Gasteiger partial charge in [0.1, 0.15) is 45.9 Å². The quantitative estimate of drug-likeness (QED) is 0.0354. The molecule has 0 unspecified atom stereocenters. The van der Waals surface area contributed by atoms with Crippen molar-refractivity contribution in [3.8, 4) is 0 Å². The normalized spacial score (nSPS) is 12.5. The summed E-state index contributed by atoms with van der Waals surface area (Å²) < 4.78 is 32.8. The molecule has 7 heterocycles. The maximum absolute atomic E-state index is 5.67. The fraction of sp³-hybridized carbons (Fsp3) is 0.722. The van der Waals surface area contributed by atoms with E-state index in [9.17, 15) is 0 Å². The first-order valence-corrected chi connectivity index (χ1v) is 36.7. The lowest BCUT2D eigenvalue weighted by molar-refractivity contribution is 0.261. The average Bonchev–Trinajstić information content (AvgIpc) is 1.68. The second kappa shape index (κ2) is 37.7. The van der Waals surface area contributed by atoms with Crippen molar-refractivity contribution in [3.05, 3.63) is 124 Å². The van der Waals surface area contributed by atoms with Crippen LogP contribution < -0.4 is 37.2 Å². The molecule has 0 radical (unpaired) electrons. The Labute approximate surface area is 605 Å². The molecule has 0 amide bonds. The van der Waals surface area contributed by atoms with Crippen molar-refractivity contribution < 1.29 is 26.7 Å². The van der Waals surface area contributed by atoms with Crippen LogP contribution in [0.3, 0.4) is 0 Å². The number of rotatable bonds is 21. The fourth-order valence-electron chi connectivity index (χ4n) is 13.3. The second-order valence-corrected chi connectivity index (χ2v) is 33.9. The lowest BCUT2D eigenvalue weighted by atomic mass is 9.90. The summed E-state index contributed by atoms with van der Waals surface area (Å²) in [5.41, 5.74) is 10.2. The molecule has 0 atom stereocenters. The number of nitrogens with one attached hydrogen (secondary N) is 7. The second-order valence-electron chi connectivity index (χ2n) is 32.7. The van der Waals surface area contributed by atoms with Crippen LogP contribution in [0.15, 0.2) is 26.7 Å². The summed E-state index contributed by atoms with van der Waals surface area (Å²) >= 11 is 1.79. The van der Waals surface area contributed by atoms with Crippen LogP contribution in [0.2, 0.25) is 0 Å². The summed E-state index contributed by atoms with van der Waals surface area (Å²) in [5, 5.41) is 33.6. The average molecular weight is 1400 g/mol. The van der Waals surface area contributed by atoms with E-state index in [-0.39, 0.29) is 38.8 Å². The third-order valence-electron chi connectivity index (χ3n) is 16.2. The summed E-state index contributed by atoms with van der Waals surface area (Å²) in [7, 11) is 0. The molecule has 7 aromatic heterocycles. The Hall–Kier alpha value is -5.32. The maximum atomic E-state index is 5.67. The minimum atomic E-state index is -0.201. The van der Waals surface area contributed by atoms with Crippen molar-refractivity contribution >= 4 is 11.3 Å². The van der Waals surface area contributed by atoms with Crippen molar-refractivity contribution in [2.75, 3.05) is 0 Å². The molecule has 566 valence electrons. The molecule has 0 aromatic carbocycles. The summed E-state index contributed by atoms with van der Waals surface area (Å²) in [6, 6.07) is 3.09. The molecule has 99 heavy (non-hydrogen) atoms. The van der Waals surface area contributed by atoms with Crippen LogP contribution in [0, 0.1) is 104 Å². The number of aromatic nitrogens is 6. The Morgan fingerprint density at radius 2 is 0.707 bits per heavy atom. The highest BCUT2D eigenvalue weighted by Crippen LogP contribution is 2.34. The van der Waals surface area contributed by atoms with Gasteiger partial charge < -0.3 is 63.9 Å². The largest absolute Gasteiger partial charge is 0.466 e. The van der Waals surface area contributed by atoms with Crippen molar-refractivity contribution in [2.24, 2.45) is 0 Å². The zero-order valence-corrected chi connectivity index (χ0v) is 71.4. The monoisotopic (exact) mass is 1400 g/mol. The van der Waals surface area contributed by atoms with E-state index < -0.39 is 0 Å². The van der Waals surface area contributed by atoms with E-state index in [0.717, 1.165) is 108 Å². The molecule has 0 fully saturated rings. The van der Waals surface area contributed by atoms with E-state index in [2.05, 4.69) is 282 Å². The lowest BCUT2D eigenvalue weighted by Gasteiger charge is -2.29. The molecule has 0 aliphatic heterocycles. The van der Waals surface area contributed by atoms with E-state index in [0.29, 0.717) is 42.3 Å². The van der Waals surface area contributed by atoms with Crippen molar-refractivity contribution in [1.29, 1.82) is 0 Å². The van der Waals surface area contributed by atoms with E-state index >= 15 is 0 Å². The predicted molar refractivity (Wildman–Crippen MR) is 413 cm³/mol. The topological polar surface area (TPSA) is 240 Å².